The summed E-state index contributed by atoms with van der Waals surface area (Å²) < 4.78 is 34.6. The number of halogens is 2. The van der Waals surface area contributed by atoms with E-state index in [9.17, 15) is 8.78 Å². The van der Waals surface area contributed by atoms with Gasteiger partial charge in [-0.3, -0.25) is 10.1 Å². The third-order valence-electron chi connectivity index (χ3n) is 3.88. The minimum absolute atomic E-state index is 0.212. The summed E-state index contributed by atoms with van der Waals surface area (Å²) in [5.41, 5.74) is -0.303. The molecule has 1 aliphatic rings. The Morgan fingerprint density at radius 1 is 1.24 bits per heavy atom. The normalized spacial score (nSPS) is 21.0. The highest BCUT2D eigenvalue weighted by molar-refractivity contribution is 5.52. The lowest BCUT2D eigenvalue weighted by Gasteiger charge is -2.28. The van der Waals surface area contributed by atoms with Crippen molar-refractivity contribution in [2.45, 2.75) is 38.4 Å². The van der Waals surface area contributed by atoms with Crippen molar-refractivity contribution < 1.29 is 18.3 Å². The first-order valence-electron chi connectivity index (χ1n) is 8.01. The molecule has 1 saturated heterocycles. The van der Waals surface area contributed by atoms with Gasteiger partial charge >= 0.3 is 6.61 Å². The molecule has 0 spiro atoms. The van der Waals surface area contributed by atoms with Crippen LogP contribution < -0.4 is 20.1 Å². The van der Waals surface area contributed by atoms with Crippen LogP contribution in [0.2, 0.25) is 0 Å². The smallest absolute Gasteiger partial charge is 0.388 e. The van der Waals surface area contributed by atoms with Crippen LogP contribution in [-0.2, 0) is 0 Å². The highest BCUT2D eigenvalue weighted by Gasteiger charge is 2.28. The van der Waals surface area contributed by atoms with E-state index in [2.05, 4.69) is 42.5 Å². The minimum Gasteiger partial charge on any atom is -0.470 e. The summed E-state index contributed by atoms with van der Waals surface area (Å²) in [6.07, 6.45) is 5.88. The number of aromatic nitrogens is 4. The molecule has 2 aromatic heterocycles. The van der Waals surface area contributed by atoms with Gasteiger partial charge in [-0.05, 0) is 39.3 Å². The maximum atomic E-state index is 12.2. The Balaban J connectivity index is 1.65. The summed E-state index contributed by atoms with van der Waals surface area (Å²) in [6.45, 7) is 1.00. The molecule has 3 N–H and O–H groups in total. The Bertz CT molecular complexity index is 688. The third-order valence-corrected chi connectivity index (χ3v) is 3.88. The van der Waals surface area contributed by atoms with Crippen molar-refractivity contribution in [2.75, 3.05) is 18.4 Å². The number of aromatic amines is 1. The molecule has 1 fully saturated rings. The molecule has 1 atom stereocenters. The fourth-order valence-electron chi connectivity index (χ4n) is 2.66. The maximum Gasteiger partial charge on any atom is 0.388 e. The van der Waals surface area contributed by atoms with Gasteiger partial charge in [0.15, 0.2) is 5.82 Å². The van der Waals surface area contributed by atoms with E-state index in [4.69, 9.17) is 4.74 Å². The molecular weight excluding hydrogens is 334 g/mol. The lowest BCUT2D eigenvalue weighted by molar-refractivity contribution is -0.0528. The van der Waals surface area contributed by atoms with E-state index in [1.807, 2.05) is 0 Å². The number of hydrogen-bond acceptors (Lipinski definition) is 7. The average molecular weight is 354 g/mol. The quantitative estimate of drug-likeness (QED) is 0.733. The summed E-state index contributed by atoms with van der Waals surface area (Å²) in [4.78, 5) is 8.46. The number of rotatable bonds is 6. The van der Waals surface area contributed by atoms with Gasteiger partial charge in [0, 0.05) is 6.07 Å². The number of hydrogen-bond donors (Lipinski definition) is 3. The maximum absolute atomic E-state index is 12.2. The van der Waals surface area contributed by atoms with Gasteiger partial charge in [-0.2, -0.15) is 13.8 Å². The summed E-state index contributed by atoms with van der Waals surface area (Å²) in [7, 11) is 0. The van der Waals surface area contributed by atoms with Crippen molar-refractivity contribution in [3.8, 4) is 11.8 Å². The zero-order valence-electron chi connectivity index (χ0n) is 13.8. The molecule has 0 unspecified atom stereocenters. The first-order chi connectivity index (χ1) is 12.0. The predicted molar refractivity (Wildman–Crippen MR) is 86.3 cm³/mol. The molecule has 10 heteroatoms. The summed E-state index contributed by atoms with van der Waals surface area (Å²) in [5, 5.41) is 12.4. The second kappa shape index (κ2) is 7.60. The van der Waals surface area contributed by atoms with E-state index in [1.54, 1.807) is 6.20 Å². The van der Waals surface area contributed by atoms with E-state index in [-0.39, 0.29) is 11.5 Å². The highest BCUT2D eigenvalue weighted by atomic mass is 19.3. The Labute approximate surface area is 143 Å². The molecule has 8 nitrogen and oxygen atoms in total. The van der Waals surface area contributed by atoms with Crippen LogP contribution in [0.3, 0.4) is 0 Å². The largest absolute Gasteiger partial charge is 0.470 e. The van der Waals surface area contributed by atoms with Crippen molar-refractivity contribution in [1.82, 2.24) is 25.5 Å². The van der Waals surface area contributed by atoms with Crippen LogP contribution in [-0.4, -0.2) is 45.5 Å². The van der Waals surface area contributed by atoms with Crippen molar-refractivity contribution >= 4 is 11.6 Å². The zero-order chi connectivity index (χ0) is 17.7. The molecule has 136 valence electrons. The second-order valence-electron chi connectivity index (χ2n) is 6.02. The van der Waals surface area contributed by atoms with Gasteiger partial charge in [-0.15, -0.1) is 5.10 Å². The van der Waals surface area contributed by atoms with Gasteiger partial charge in [0.1, 0.15) is 11.4 Å². The van der Waals surface area contributed by atoms with Crippen LogP contribution in [0.25, 0.3) is 0 Å². The minimum atomic E-state index is -2.93. The summed E-state index contributed by atoms with van der Waals surface area (Å²) in [5.74, 6) is 0.946. The molecule has 3 heterocycles. The van der Waals surface area contributed by atoms with E-state index in [0.717, 1.165) is 32.4 Å². The average Bonchev–Trinajstić information content (AvgIpc) is 2.85. The first kappa shape index (κ1) is 17.3. The van der Waals surface area contributed by atoms with Crippen LogP contribution in [0.1, 0.15) is 26.2 Å². The Morgan fingerprint density at radius 3 is 2.96 bits per heavy atom. The molecule has 0 saturated carbocycles. The van der Waals surface area contributed by atoms with E-state index < -0.39 is 6.61 Å². The lowest BCUT2D eigenvalue weighted by atomic mass is 9.97. The molecule has 25 heavy (non-hydrogen) atoms. The Morgan fingerprint density at radius 2 is 2.12 bits per heavy atom. The van der Waals surface area contributed by atoms with Gasteiger partial charge in [0.25, 0.3) is 0 Å². The fraction of sp³-hybridized carbons (Fsp3) is 0.533. The predicted octanol–water partition coefficient (Wildman–Crippen LogP) is 2.46. The van der Waals surface area contributed by atoms with Crippen molar-refractivity contribution in [1.29, 1.82) is 0 Å². The molecular formula is C15H20F2N6O2. The molecule has 0 aromatic carbocycles. The lowest BCUT2D eigenvalue weighted by Crippen LogP contribution is -2.33. The van der Waals surface area contributed by atoms with Crippen molar-refractivity contribution in [3.63, 3.8) is 0 Å². The summed E-state index contributed by atoms with van der Waals surface area (Å²) >= 11 is 0. The van der Waals surface area contributed by atoms with Crippen LogP contribution in [0.15, 0.2) is 18.5 Å². The highest BCUT2D eigenvalue weighted by Crippen LogP contribution is 2.26. The standard InChI is InChI=1S/C15H20F2N6O2/c1-15(3-2-5-18-6-4-15)25-13-9-19-8-11(21-13)20-10-7-12(23-22-10)24-14(16)17/h7-9,14,18H,2-6H2,1H3,(H2,20,21,22,23)/t15-/m0/s1. The van der Waals surface area contributed by atoms with Crippen LogP contribution in [0, 0.1) is 0 Å². The topological polar surface area (TPSA) is 97.0 Å². The number of nitrogens with one attached hydrogen (secondary N) is 3. The van der Waals surface area contributed by atoms with Crippen LogP contribution >= 0.6 is 0 Å². The molecule has 3 rings (SSSR count). The van der Waals surface area contributed by atoms with E-state index >= 15 is 0 Å². The number of H-pyrrole nitrogens is 1. The van der Waals surface area contributed by atoms with Gasteiger partial charge in [-0.25, -0.2) is 0 Å². The Kier molecular flexibility index (Phi) is 5.27. The number of ether oxygens (including phenoxy) is 2. The van der Waals surface area contributed by atoms with Gasteiger partial charge < -0.3 is 20.1 Å². The monoisotopic (exact) mass is 354 g/mol. The first-order valence-corrected chi connectivity index (χ1v) is 8.01. The van der Waals surface area contributed by atoms with Gasteiger partial charge in [-0.1, -0.05) is 0 Å². The van der Waals surface area contributed by atoms with Crippen molar-refractivity contribution in [3.05, 3.63) is 18.5 Å². The van der Waals surface area contributed by atoms with Gasteiger partial charge in [0.2, 0.25) is 11.8 Å². The second-order valence-corrected chi connectivity index (χ2v) is 6.02. The number of anilines is 2. The molecule has 2 aromatic rings. The van der Waals surface area contributed by atoms with Crippen LogP contribution in [0.5, 0.6) is 11.8 Å². The third kappa shape index (κ3) is 4.99. The number of alkyl halides is 2. The Hall–Kier alpha value is -2.49. The SMILES string of the molecule is C[C@]1(Oc2cncc(Nc3cc(OC(F)F)n[nH]3)n2)CCCNCC1. The zero-order valence-corrected chi connectivity index (χ0v) is 13.8. The number of nitrogens with zero attached hydrogens (tertiary/aromatic N) is 3. The molecule has 1 aliphatic heterocycles. The molecule has 0 aliphatic carbocycles. The van der Waals surface area contributed by atoms with E-state index in [1.165, 1.54) is 12.3 Å². The van der Waals surface area contributed by atoms with Gasteiger partial charge in [0.05, 0.1) is 12.4 Å². The summed E-state index contributed by atoms with van der Waals surface area (Å²) in [6, 6.07) is 1.31. The van der Waals surface area contributed by atoms with E-state index in [0.29, 0.717) is 17.5 Å². The molecule has 0 bridgehead atoms. The van der Waals surface area contributed by atoms with Crippen LogP contribution in [0.4, 0.5) is 20.4 Å². The fourth-order valence-corrected chi connectivity index (χ4v) is 2.66. The molecule has 0 amide bonds. The van der Waals surface area contributed by atoms with Crippen molar-refractivity contribution in [2.24, 2.45) is 0 Å². The molecule has 0 radical (unpaired) electrons.